The van der Waals surface area contributed by atoms with E-state index in [2.05, 4.69) is 30.7 Å². The van der Waals surface area contributed by atoms with Crippen molar-refractivity contribution in [1.82, 2.24) is 9.80 Å². The molecule has 1 heterocycles. The third kappa shape index (κ3) is 3.48. The number of hydrogen-bond donors (Lipinski definition) is 1. The molecule has 0 aromatic heterocycles. The molecule has 19 heavy (non-hydrogen) atoms. The zero-order chi connectivity index (χ0) is 14.0. The maximum Gasteiger partial charge on any atom is 0.304 e. The normalized spacial score (nSPS) is 30.4. The molecule has 0 aromatic rings. The summed E-state index contributed by atoms with van der Waals surface area (Å²) in [5.41, 5.74) is 0.158. The van der Waals surface area contributed by atoms with Gasteiger partial charge in [-0.3, -0.25) is 14.6 Å². The third-order valence-electron chi connectivity index (χ3n) is 4.87. The Balaban J connectivity index is 2.07. The second-order valence-corrected chi connectivity index (χ2v) is 6.92. The molecule has 1 aliphatic carbocycles. The number of nitrogens with zero attached hydrogens (tertiary/aromatic N) is 2. The Kier molecular flexibility index (Phi) is 4.51. The molecule has 1 aliphatic heterocycles. The number of rotatable bonds is 3. The maximum absolute atomic E-state index is 11.0. The highest BCUT2D eigenvalue weighted by molar-refractivity contribution is 5.67. The summed E-state index contributed by atoms with van der Waals surface area (Å²) >= 11 is 0. The van der Waals surface area contributed by atoms with Crippen molar-refractivity contribution in [2.24, 2.45) is 0 Å². The van der Waals surface area contributed by atoms with Crippen LogP contribution in [0.5, 0.6) is 0 Å². The van der Waals surface area contributed by atoms with E-state index in [-0.39, 0.29) is 18.0 Å². The molecule has 0 amide bonds. The second kappa shape index (κ2) is 5.80. The van der Waals surface area contributed by atoms with Crippen molar-refractivity contribution in [3.63, 3.8) is 0 Å². The SMILES string of the molecule is CN1CC(C)(C)N(C2CCCCC2)CC1CC(=O)O. The molecule has 1 unspecified atom stereocenters. The van der Waals surface area contributed by atoms with Crippen molar-refractivity contribution in [3.8, 4) is 0 Å². The number of piperazine rings is 1. The molecule has 2 fully saturated rings. The Morgan fingerprint density at radius 2 is 1.89 bits per heavy atom. The van der Waals surface area contributed by atoms with Gasteiger partial charge in [0.2, 0.25) is 0 Å². The van der Waals surface area contributed by atoms with Crippen LogP contribution in [0.2, 0.25) is 0 Å². The maximum atomic E-state index is 11.0. The van der Waals surface area contributed by atoms with Crippen molar-refractivity contribution in [1.29, 1.82) is 0 Å². The molecular weight excluding hydrogens is 240 g/mol. The Bertz CT molecular complexity index is 324. The lowest BCUT2D eigenvalue weighted by atomic mass is 9.87. The van der Waals surface area contributed by atoms with Crippen molar-refractivity contribution >= 4 is 5.97 Å². The fraction of sp³-hybridized carbons (Fsp3) is 0.933. The summed E-state index contributed by atoms with van der Waals surface area (Å²) in [4.78, 5) is 15.8. The molecule has 4 heteroatoms. The lowest BCUT2D eigenvalue weighted by Gasteiger charge is -2.53. The number of carboxylic acids is 1. The van der Waals surface area contributed by atoms with Gasteiger partial charge in [-0.05, 0) is 33.7 Å². The van der Waals surface area contributed by atoms with E-state index in [0.717, 1.165) is 13.1 Å². The molecular formula is C15H28N2O2. The Labute approximate surface area is 116 Å². The zero-order valence-electron chi connectivity index (χ0n) is 12.6. The molecule has 1 saturated carbocycles. The Morgan fingerprint density at radius 1 is 1.26 bits per heavy atom. The Morgan fingerprint density at radius 3 is 2.47 bits per heavy atom. The van der Waals surface area contributed by atoms with Gasteiger partial charge in [0.15, 0.2) is 0 Å². The largest absolute Gasteiger partial charge is 0.481 e. The minimum atomic E-state index is -0.680. The molecule has 0 bridgehead atoms. The minimum absolute atomic E-state index is 0.158. The standard InChI is InChI=1S/C15H28N2O2/c1-15(2)11-16(3)13(9-14(18)19)10-17(15)12-7-5-4-6-8-12/h12-13H,4-11H2,1-3H3,(H,18,19). The van der Waals surface area contributed by atoms with Gasteiger partial charge >= 0.3 is 5.97 Å². The third-order valence-corrected chi connectivity index (χ3v) is 4.87. The monoisotopic (exact) mass is 268 g/mol. The summed E-state index contributed by atoms with van der Waals surface area (Å²) in [6.07, 6.45) is 6.85. The first-order valence-electron chi connectivity index (χ1n) is 7.59. The molecule has 2 rings (SSSR count). The number of carboxylic acid groups (broad SMARTS) is 1. The van der Waals surface area contributed by atoms with Gasteiger partial charge in [0, 0.05) is 30.7 Å². The fourth-order valence-electron chi connectivity index (χ4n) is 3.90. The summed E-state index contributed by atoms with van der Waals surface area (Å²) < 4.78 is 0. The summed E-state index contributed by atoms with van der Waals surface area (Å²) in [5.74, 6) is -0.680. The van der Waals surface area contributed by atoms with Crippen LogP contribution in [0.4, 0.5) is 0 Å². The van der Waals surface area contributed by atoms with E-state index in [1.807, 2.05) is 0 Å². The topological polar surface area (TPSA) is 43.8 Å². The fourth-order valence-corrected chi connectivity index (χ4v) is 3.90. The summed E-state index contributed by atoms with van der Waals surface area (Å²) in [5, 5.41) is 9.07. The Hall–Kier alpha value is -0.610. The van der Waals surface area contributed by atoms with Gasteiger partial charge in [0.25, 0.3) is 0 Å². The average Bonchev–Trinajstić information content (AvgIpc) is 2.32. The van der Waals surface area contributed by atoms with Gasteiger partial charge in [0.05, 0.1) is 6.42 Å². The van der Waals surface area contributed by atoms with Crippen molar-refractivity contribution in [2.75, 3.05) is 20.1 Å². The van der Waals surface area contributed by atoms with Crippen LogP contribution in [0.25, 0.3) is 0 Å². The van der Waals surface area contributed by atoms with Gasteiger partial charge in [-0.25, -0.2) is 0 Å². The number of likely N-dealkylation sites (N-methyl/N-ethyl adjacent to an activating group) is 1. The van der Waals surface area contributed by atoms with Crippen LogP contribution in [0.1, 0.15) is 52.4 Å². The van der Waals surface area contributed by atoms with E-state index in [1.54, 1.807) is 0 Å². The van der Waals surface area contributed by atoms with Gasteiger partial charge in [-0.15, -0.1) is 0 Å². The quantitative estimate of drug-likeness (QED) is 0.852. The van der Waals surface area contributed by atoms with Crippen LogP contribution in [0.15, 0.2) is 0 Å². The molecule has 0 aromatic carbocycles. The smallest absolute Gasteiger partial charge is 0.304 e. The molecule has 0 spiro atoms. The molecule has 0 radical (unpaired) electrons. The van der Waals surface area contributed by atoms with Crippen molar-refractivity contribution < 1.29 is 9.90 Å². The predicted octanol–water partition coefficient (Wildman–Crippen LogP) is 2.19. The predicted molar refractivity (Wildman–Crippen MR) is 76.3 cm³/mol. The summed E-state index contributed by atoms with van der Waals surface area (Å²) in [7, 11) is 2.06. The second-order valence-electron chi connectivity index (χ2n) is 6.92. The molecule has 4 nitrogen and oxygen atoms in total. The lowest BCUT2D eigenvalue weighted by molar-refractivity contribution is -0.140. The highest BCUT2D eigenvalue weighted by atomic mass is 16.4. The summed E-state index contributed by atoms with van der Waals surface area (Å²) in [6.45, 7) is 6.46. The first kappa shape index (κ1) is 14.8. The number of carbonyl (C=O) groups is 1. The van der Waals surface area contributed by atoms with E-state index in [0.29, 0.717) is 6.04 Å². The first-order valence-corrected chi connectivity index (χ1v) is 7.59. The molecule has 110 valence electrons. The minimum Gasteiger partial charge on any atom is -0.481 e. The van der Waals surface area contributed by atoms with Crippen LogP contribution in [0, 0.1) is 0 Å². The van der Waals surface area contributed by atoms with E-state index < -0.39 is 5.97 Å². The van der Waals surface area contributed by atoms with Crippen molar-refractivity contribution in [2.45, 2.75) is 70.0 Å². The van der Waals surface area contributed by atoms with Gasteiger partial charge < -0.3 is 5.11 Å². The number of hydrogen-bond acceptors (Lipinski definition) is 3. The molecule has 2 aliphatic rings. The molecule has 1 atom stereocenters. The van der Waals surface area contributed by atoms with Crippen LogP contribution < -0.4 is 0 Å². The van der Waals surface area contributed by atoms with Gasteiger partial charge in [0.1, 0.15) is 0 Å². The zero-order valence-corrected chi connectivity index (χ0v) is 12.6. The van der Waals surface area contributed by atoms with Crippen LogP contribution >= 0.6 is 0 Å². The van der Waals surface area contributed by atoms with E-state index in [4.69, 9.17) is 5.11 Å². The van der Waals surface area contributed by atoms with Crippen LogP contribution in [0.3, 0.4) is 0 Å². The van der Waals surface area contributed by atoms with Crippen molar-refractivity contribution in [3.05, 3.63) is 0 Å². The van der Waals surface area contributed by atoms with Gasteiger partial charge in [-0.1, -0.05) is 19.3 Å². The highest BCUT2D eigenvalue weighted by Gasteiger charge is 2.41. The highest BCUT2D eigenvalue weighted by Crippen LogP contribution is 2.32. The number of aliphatic carboxylic acids is 1. The lowest BCUT2D eigenvalue weighted by Crippen LogP contribution is -2.65. The molecule has 1 N–H and O–H groups in total. The van der Waals surface area contributed by atoms with E-state index in [9.17, 15) is 4.79 Å². The molecule has 1 saturated heterocycles. The van der Waals surface area contributed by atoms with Crippen LogP contribution in [-0.4, -0.2) is 58.6 Å². The van der Waals surface area contributed by atoms with Crippen LogP contribution in [-0.2, 0) is 4.79 Å². The van der Waals surface area contributed by atoms with E-state index >= 15 is 0 Å². The summed E-state index contributed by atoms with van der Waals surface area (Å²) in [6, 6.07) is 0.821. The first-order chi connectivity index (χ1) is 8.90. The van der Waals surface area contributed by atoms with Gasteiger partial charge in [-0.2, -0.15) is 0 Å². The van der Waals surface area contributed by atoms with E-state index in [1.165, 1.54) is 32.1 Å². The average molecular weight is 268 g/mol.